The molecule has 0 atom stereocenters. The number of fused-ring (bicyclic) bond motifs is 1. The average molecular weight is 318 g/mol. The third kappa shape index (κ3) is 2.74. The molecule has 0 fully saturated rings. The first-order valence-corrected chi connectivity index (χ1v) is 7.94. The van der Waals surface area contributed by atoms with E-state index in [9.17, 15) is 10.1 Å². The summed E-state index contributed by atoms with van der Waals surface area (Å²) in [6, 6.07) is 11.6. The van der Waals surface area contributed by atoms with E-state index in [-0.39, 0.29) is 5.91 Å². The molecule has 24 heavy (non-hydrogen) atoms. The minimum atomic E-state index is 0.0234. The largest absolute Gasteiger partial charge is 0.345 e. The fraction of sp³-hybridized carbons (Fsp3) is 0.211. The average Bonchev–Trinajstić information content (AvgIpc) is 3.05. The Bertz CT molecular complexity index is 932. The van der Waals surface area contributed by atoms with Crippen LogP contribution in [0.25, 0.3) is 22.2 Å². The number of pyridine rings is 1. The maximum Gasteiger partial charge on any atom is 0.253 e. The van der Waals surface area contributed by atoms with Crippen molar-refractivity contribution in [1.82, 2.24) is 14.9 Å². The molecule has 1 aromatic carbocycles. The molecule has 0 aliphatic heterocycles. The van der Waals surface area contributed by atoms with Crippen LogP contribution < -0.4 is 0 Å². The van der Waals surface area contributed by atoms with Gasteiger partial charge in [-0.15, -0.1) is 0 Å². The number of nitrogens with zero attached hydrogens (tertiary/aromatic N) is 3. The predicted octanol–water partition coefficient (Wildman–Crippen LogP) is 3.58. The third-order valence-electron chi connectivity index (χ3n) is 4.15. The van der Waals surface area contributed by atoms with Gasteiger partial charge in [0.15, 0.2) is 0 Å². The van der Waals surface area contributed by atoms with E-state index in [1.165, 1.54) is 0 Å². The van der Waals surface area contributed by atoms with E-state index in [0.717, 1.165) is 16.5 Å². The van der Waals surface area contributed by atoms with Crippen molar-refractivity contribution in [3.8, 4) is 17.2 Å². The van der Waals surface area contributed by atoms with E-state index >= 15 is 0 Å². The van der Waals surface area contributed by atoms with Crippen LogP contribution in [0.4, 0.5) is 0 Å². The van der Waals surface area contributed by atoms with Crippen molar-refractivity contribution in [2.24, 2.45) is 0 Å². The lowest BCUT2D eigenvalue weighted by molar-refractivity contribution is 0.0773. The highest BCUT2D eigenvalue weighted by atomic mass is 16.2. The molecule has 120 valence electrons. The van der Waals surface area contributed by atoms with Crippen molar-refractivity contribution in [1.29, 1.82) is 5.26 Å². The highest BCUT2D eigenvalue weighted by Gasteiger charge is 2.13. The first-order chi connectivity index (χ1) is 11.7. The number of nitriles is 1. The first-order valence-electron chi connectivity index (χ1n) is 7.94. The van der Waals surface area contributed by atoms with Crippen LogP contribution in [-0.4, -0.2) is 33.9 Å². The van der Waals surface area contributed by atoms with Crippen molar-refractivity contribution in [3.05, 3.63) is 53.9 Å². The van der Waals surface area contributed by atoms with Crippen LogP contribution in [0.2, 0.25) is 0 Å². The summed E-state index contributed by atoms with van der Waals surface area (Å²) in [5.41, 5.74) is 3.70. The van der Waals surface area contributed by atoms with Gasteiger partial charge in [0.1, 0.15) is 11.7 Å². The fourth-order valence-electron chi connectivity index (χ4n) is 2.78. The zero-order valence-corrected chi connectivity index (χ0v) is 13.7. The SMILES string of the molecule is CCN(CC)C(=O)c1cccc(-c2cnc3[nH]cc(C#N)c3c2)c1. The Kier molecular flexibility index (Phi) is 4.30. The van der Waals surface area contributed by atoms with Crippen LogP contribution >= 0.6 is 0 Å². The first kappa shape index (κ1) is 15.8. The van der Waals surface area contributed by atoms with Gasteiger partial charge in [-0.25, -0.2) is 4.98 Å². The number of carbonyl (C=O) groups is 1. The molecule has 1 amide bonds. The lowest BCUT2D eigenvalue weighted by atomic mass is 10.0. The molecule has 3 rings (SSSR count). The Hall–Kier alpha value is -3.13. The van der Waals surface area contributed by atoms with Crippen LogP contribution in [0.15, 0.2) is 42.7 Å². The molecule has 0 aliphatic carbocycles. The maximum absolute atomic E-state index is 12.5. The van der Waals surface area contributed by atoms with E-state index < -0.39 is 0 Å². The molecule has 1 N–H and O–H groups in total. The lowest BCUT2D eigenvalue weighted by Gasteiger charge is -2.18. The van der Waals surface area contributed by atoms with E-state index in [1.54, 1.807) is 17.3 Å². The number of aromatic nitrogens is 2. The van der Waals surface area contributed by atoms with Crippen molar-refractivity contribution in [3.63, 3.8) is 0 Å². The van der Waals surface area contributed by atoms with Gasteiger partial charge in [0, 0.05) is 42.0 Å². The molecule has 0 radical (unpaired) electrons. The van der Waals surface area contributed by atoms with Gasteiger partial charge in [-0.05, 0) is 37.6 Å². The summed E-state index contributed by atoms with van der Waals surface area (Å²) in [6.07, 6.45) is 3.41. The normalized spacial score (nSPS) is 10.5. The summed E-state index contributed by atoms with van der Waals surface area (Å²) in [5, 5.41) is 9.96. The monoisotopic (exact) mass is 318 g/mol. The molecule has 0 unspecified atom stereocenters. The number of amides is 1. The number of aromatic amines is 1. The predicted molar refractivity (Wildman–Crippen MR) is 93.5 cm³/mol. The van der Waals surface area contributed by atoms with Gasteiger partial charge in [-0.2, -0.15) is 5.26 Å². The molecule has 5 nitrogen and oxygen atoms in total. The second-order valence-electron chi connectivity index (χ2n) is 5.49. The molecule has 0 bridgehead atoms. The molecule has 0 saturated heterocycles. The molecule has 2 aromatic heterocycles. The van der Waals surface area contributed by atoms with Gasteiger partial charge in [-0.3, -0.25) is 4.79 Å². The van der Waals surface area contributed by atoms with E-state index in [2.05, 4.69) is 16.0 Å². The summed E-state index contributed by atoms with van der Waals surface area (Å²) in [4.78, 5) is 21.7. The molecule has 0 saturated carbocycles. The number of benzene rings is 1. The van der Waals surface area contributed by atoms with Gasteiger partial charge in [0.25, 0.3) is 5.91 Å². The van der Waals surface area contributed by atoms with Crippen LogP contribution in [0, 0.1) is 11.3 Å². The Morgan fingerprint density at radius 2 is 2.04 bits per heavy atom. The Labute approximate surface area is 140 Å². The van der Waals surface area contributed by atoms with Crippen molar-refractivity contribution >= 4 is 16.9 Å². The van der Waals surface area contributed by atoms with E-state index in [4.69, 9.17) is 0 Å². The maximum atomic E-state index is 12.5. The van der Waals surface area contributed by atoms with Crippen LogP contribution in [0.3, 0.4) is 0 Å². The number of rotatable bonds is 4. The minimum absolute atomic E-state index is 0.0234. The Morgan fingerprint density at radius 3 is 2.75 bits per heavy atom. The van der Waals surface area contributed by atoms with Gasteiger partial charge in [0.2, 0.25) is 0 Å². The zero-order chi connectivity index (χ0) is 17.1. The minimum Gasteiger partial charge on any atom is -0.345 e. The lowest BCUT2D eigenvalue weighted by Crippen LogP contribution is -2.30. The molecule has 0 aliphatic rings. The molecule has 0 spiro atoms. The number of carbonyl (C=O) groups excluding carboxylic acids is 1. The number of hydrogen-bond acceptors (Lipinski definition) is 3. The van der Waals surface area contributed by atoms with E-state index in [0.29, 0.717) is 29.9 Å². The van der Waals surface area contributed by atoms with Gasteiger partial charge in [-0.1, -0.05) is 12.1 Å². The topological polar surface area (TPSA) is 72.8 Å². The smallest absolute Gasteiger partial charge is 0.253 e. The summed E-state index contributed by atoms with van der Waals surface area (Å²) in [5.74, 6) is 0.0234. The Morgan fingerprint density at radius 1 is 1.25 bits per heavy atom. The molecular formula is C19H18N4O. The number of H-pyrrole nitrogens is 1. The highest BCUT2D eigenvalue weighted by Crippen LogP contribution is 2.25. The van der Waals surface area contributed by atoms with Crippen LogP contribution in [-0.2, 0) is 0 Å². The third-order valence-corrected chi connectivity index (χ3v) is 4.15. The van der Waals surface area contributed by atoms with Gasteiger partial charge < -0.3 is 9.88 Å². The van der Waals surface area contributed by atoms with Crippen molar-refractivity contribution < 1.29 is 4.79 Å². The highest BCUT2D eigenvalue weighted by molar-refractivity contribution is 5.96. The molecular weight excluding hydrogens is 300 g/mol. The molecule has 3 aromatic rings. The van der Waals surface area contributed by atoms with Crippen molar-refractivity contribution in [2.45, 2.75) is 13.8 Å². The quantitative estimate of drug-likeness (QED) is 0.799. The van der Waals surface area contributed by atoms with E-state index in [1.807, 2.05) is 44.2 Å². The summed E-state index contributed by atoms with van der Waals surface area (Å²) < 4.78 is 0. The number of hydrogen-bond donors (Lipinski definition) is 1. The second kappa shape index (κ2) is 6.55. The standard InChI is InChI=1S/C19H18N4O/c1-3-23(4-2)19(24)14-7-5-6-13(8-14)15-9-17-16(10-20)12-22-18(17)21-11-15/h5-9,11-12H,3-4H2,1-2H3,(H,21,22). The zero-order valence-electron chi connectivity index (χ0n) is 13.7. The Balaban J connectivity index is 2.03. The van der Waals surface area contributed by atoms with Gasteiger partial charge >= 0.3 is 0 Å². The second-order valence-corrected chi connectivity index (χ2v) is 5.49. The van der Waals surface area contributed by atoms with Crippen molar-refractivity contribution in [2.75, 3.05) is 13.1 Å². The molecule has 2 heterocycles. The van der Waals surface area contributed by atoms with Crippen LogP contribution in [0.5, 0.6) is 0 Å². The molecule has 5 heteroatoms. The fourth-order valence-corrected chi connectivity index (χ4v) is 2.78. The summed E-state index contributed by atoms with van der Waals surface area (Å²) >= 11 is 0. The van der Waals surface area contributed by atoms with Gasteiger partial charge in [0.05, 0.1) is 5.56 Å². The summed E-state index contributed by atoms with van der Waals surface area (Å²) in [7, 11) is 0. The number of nitrogens with one attached hydrogen (secondary N) is 1. The summed E-state index contributed by atoms with van der Waals surface area (Å²) in [6.45, 7) is 5.31. The van der Waals surface area contributed by atoms with Crippen LogP contribution in [0.1, 0.15) is 29.8 Å².